The van der Waals surface area contributed by atoms with Gasteiger partial charge in [-0.05, 0) is 42.0 Å². The first kappa shape index (κ1) is 23.5. The molecule has 0 N–H and O–H groups in total. The van der Waals surface area contributed by atoms with Gasteiger partial charge < -0.3 is 19.7 Å². The molecule has 0 radical (unpaired) electrons. The second-order valence-corrected chi connectivity index (χ2v) is 8.18. The molecule has 0 fully saturated rings. The van der Waals surface area contributed by atoms with Crippen LogP contribution in [0.2, 0.25) is 10.2 Å². The number of aromatic nitrogens is 2. The minimum absolute atomic E-state index is 0.0906. The molecule has 9 heteroatoms. The third-order valence-electron chi connectivity index (χ3n) is 4.81. The van der Waals surface area contributed by atoms with Crippen molar-refractivity contribution < 1.29 is 14.7 Å². The zero-order chi connectivity index (χ0) is 23.4. The quantitative estimate of drug-likeness (QED) is 0.492. The van der Waals surface area contributed by atoms with Crippen molar-refractivity contribution in [3.05, 3.63) is 81.2 Å². The van der Waals surface area contributed by atoms with Crippen LogP contribution in [0.15, 0.2) is 48.5 Å². The van der Waals surface area contributed by atoms with Crippen LogP contribution in [0, 0.1) is 0 Å². The Balaban J connectivity index is 1.79. The molecule has 0 aliphatic rings. The maximum Gasteiger partial charge on any atom is 0.258 e. The molecule has 0 saturated heterocycles. The third kappa shape index (κ3) is 5.55. The highest BCUT2D eigenvalue weighted by Crippen LogP contribution is 2.25. The number of anilines is 2. The lowest BCUT2D eigenvalue weighted by molar-refractivity contribution is -0.304. The largest absolute Gasteiger partial charge is 0.550 e. The highest BCUT2D eigenvalue weighted by molar-refractivity contribution is 6.31. The van der Waals surface area contributed by atoms with Gasteiger partial charge in [0.25, 0.3) is 5.91 Å². The molecule has 3 aromatic rings. The highest BCUT2D eigenvalue weighted by atomic mass is 35.5. The van der Waals surface area contributed by atoms with Crippen LogP contribution < -0.4 is 14.9 Å². The Kier molecular flexibility index (Phi) is 7.33. The van der Waals surface area contributed by atoms with Gasteiger partial charge in [-0.1, -0.05) is 35.3 Å². The van der Waals surface area contributed by atoms with Crippen LogP contribution in [0.5, 0.6) is 0 Å². The monoisotopic (exact) mass is 471 g/mol. The number of hydrogen-bond donors (Lipinski definition) is 0. The van der Waals surface area contributed by atoms with Crippen molar-refractivity contribution in [2.24, 2.45) is 0 Å². The molecule has 1 aromatic heterocycles. The highest BCUT2D eigenvalue weighted by Gasteiger charge is 2.16. The van der Waals surface area contributed by atoms with Gasteiger partial charge in [0.2, 0.25) is 0 Å². The zero-order valence-electron chi connectivity index (χ0n) is 17.8. The van der Waals surface area contributed by atoms with E-state index in [0.29, 0.717) is 34.2 Å². The molecule has 0 unspecified atom stereocenters. The summed E-state index contributed by atoms with van der Waals surface area (Å²) in [6.45, 7) is 0. The van der Waals surface area contributed by atoms with Gasteiger partial charge in [0.1, 0.15) is 16.8 Å². The average molecular weight is 472 g/mol. The number of carbonyl (C=O) groups is 2. The van der Waals surface area contributed by atoms with E-state index in [1.54, 1.807) is 55.2 Å². The van der Waals surface area contributed by atoms with E-state index in [0.717, 1.165) is 11.3 Å². The molecule has 166 valence electrons. The molecule has 3 rings (SSSR count). The van der Waals surface area contributed by atoms with Crippen LogP contribution in [0.25, 0.3) is 0 Å². The van der Waals surface area contributed by atoms with E-state index in [-0.39, 0.29) is 17.5 Å². The van der Waals surface area contributed by atoms with Crippen LogP contribution >= 0.6 is 23.2 Å². The van der Waals surface area contributed by atoms with Gasteiger partial charge in [0, 0.05) is 61.8 Å². The summed E-state index contributed by atoms with van der Waals surface area (Å²) in [7, 11) is 5.21. The van der Waals surface area contributed by atoms with Crippen molar-refractivity contribution in [3.8, 4) is 0 Å². The molecule has 0 atom stereocenters. The Morgan fingerprint density at radius 1 is 0.938 bits per heavy atom. The lowest BCUT2D eigenvalue weighted by Crippen LogP contribution is -2.26. The number of rotatable bonds is 7. The van der Waals surface area contributed by atoms with Crippen LogP contribution in [-0.4, -0.2) is 43.0 Å². The van der Waals surface area contributed by atoms with Gasteiger partial charge in [-0.25, -0.2) is 9.97 Å². The first-order valence-corrected chi connectivity index (χ1v) is 10.5. The number of hydrogen-bond acceptors (Lipinski definition) is 6. The molecule has 7 nitrogen and oxygen atoms in total. The molecule has 0 aliphatic heterocycles. The molecule has 1 amide bonds. The van der Waals surface area contributed by atoms with E-state index in [9.17, 15) is 14.7 Å². The summed E-state index contributed by atoms with van der Waals surface area (Å²) in [5.41, 5.74) is 2.50. The van der Waals surface area contributed by atoms with E-state index in [1.807, 2.05) is 24.3 Å². The fourth-order valence-electron chi connectivity index (χ4n) is 3.16. The number of benzene rings is 2. The summed E-state index contributed by atoms with van der Waals surface area (Å²) in [5, 5.41) is 11.7. The summed E-state index contributed by atoms with van der Waals surface area (Å²) in [6.07, 6.45) is 0.0244. The van der Waals surface area contributed by atoms with Gasteiger partial charge in [0.05, 0.1) is 0 Å². The number of nitrogens with zero attached hydrogens (tertiary/aromatic N) is 4. The Bertz CT molecular complexity index is 1130. The minimum Gasteiger partial charge on any atom is -0.550 e. The fraction of sp³-hybridized carbons (Fsp3) is 0.217. The van der Waals surface area contributed by atoms with Gasteiger partial charge >= 0.3 is 0 Å². The summed E-state index contributed by atoms with van der Waals surface area (Å²) < 4.78 is 0. The molecular formula is C23H21Cl2N4O3-. The number of amides is 1. The van der Waals surface area contributed by atoms with Crippen LogP contribution in [0.3, 0.4) is 0 Å². The van der Waals surface area contributed by atoms with Crippen molar-refractivity contribution >= 4 is 46.6 Å². The van der Waals surface area contributed by atoms with E-state index in [1.165, 1.54) is 0 Å². The number of aliphatic carboxylic acids is 1. The second kappa shape index (κ2) is 9.97. The molecule has 2 aromatic carbocycles. The third-order valence-corrected chi connectivity index (χ3v) is 5.37. The number of halogens is 2. The maximum absolute atomic E-state index is 12.7. The van der Waals surface area contributed by atoms with Gasteiger partial charge in [-0.15, -0.1) is 0 Å². The van der Waals surface area contributed by atoms with E-state index in [4.69, 9.17) is 23.2 Å². The average Bonchev–Trinajstić information content (AvgIpc) is 2.75. The Hall–Kier alpha value is -3.16. The molecule has 32 heavy (non-hydrogen) atoms. The molecule has 0 aliphatic carbocycles. The lowest BCUT2D eigenvalue weighted by atomic mass is 10.1. The van der Waals surface area contributed by atoms with Crippen LogP contribution in [-0.2, 0) is 17.6 Å². The van der Waals surface area contributed by atoms with Crippen molar-refractivity contribution in [2.45, 2.75) is 12.8 Å². The van der Waals surface area contributed by atoms with E-state index >= 15 is 0 Å². The summed E-state index contributed by atoms with van der Waals surface area (Å²) >= 11 is 12.1. The Morgan fingerprint density at radius 2 is 1.56 bits per heavy atom. The first-order chi connectivity index (χ1) is 15.2. The predicted octanol–water partition coefficient (Wildman–Crippen LogP) is 3.01. The summed E-state index contributed by atoms with van der Waals surface area (Å²) in [5.74, 6) is -0.504. The lowest BCUT2D eigenvalue weighted by Gasteiger charge is -2.19. The molecule has 0 bridgehead atoms. The van der Waals surface area contributed by atoms with Crippen molar-refractivity contribution in [2.75, 3.05) is 30.9 Å². The smallest absolute Gasteiger partial charge is 0.258 e. The summed E-state index contributed by atoms with van der Waals surface area (Å²) in [6, 6.07) is 14.1. The number of carbonyl (C=O) groups excluding carboxylic acids is 2. The van der Waals surface area contributed by atoms with Gasteiger partial charge in [-0.3, -0.25) is 4.79 Å². The first-order valence-electron chi connectivity index (χ1n) is 9.70. The van der Waals surface area contributed by atoms with Crippen molar-refractivity contribution in [1.29, 1.82) is 0 Å². The van der Waals surface area contributed by atoms with Crippen LogP contribution in [0.1, 0.15) is 27.3 Å². The zero-order valence-corrected chi connectivity index (χ0v) is 19.3. The van der Waals surface area contributed by atoms with Gasteiger partial charge in [-0.2, -0.15) is 0 Å². The SMILES string of the molecule is CN(C)c1nc(Cc2ccc(N(C)C(=O)c3ccc(Cl)cc3)cc2)nc(Cl)c1CC(=O)[O-]. The van der Waals surface area contributed by atoms with Gasteiger partial charge in [0.15, 0.2) is 0 Å². The van der Waals surface area contributed by atoms with Crippen molar-refractivity contribution in [1.82, 2.24) is 9.97 Å². The number of carboxylic acids is 1. The molecule has 0 saturated carbocycles. The maximum atomic E-state index is 12.7. The normalized spacial score (nSPS) is 10.7. The van der Waals surface area contributed by atoms with E-state index < -0.39 is 5.97 Å². The Morgan fingerprint density at radius 3 is 2.12 bits per heavy atom. The Labute approximate surface area is 196 Å². The second-order valence-electron chi connectivity index (χ2n) is 7.39. The minimum atomic E-state index is -1.25. The number of carboxylic acid groups (broad SMARTS) is 1. The summed E-state index contributed by atoms with van der Waals surface area (Å²) in [4.78, 5) is 35.7. The predicted molar refractivity (Wildman–Crippen MR) is 124 cm³/mol. The van der Waals surface area contributed by atoms with Crippen LogP contribution in [0.4, 0.5) is 11.5 Å². The topological polar surface area (TPSA) is 89.5 Å². The standard InChI is InChI=1S/C23H22Cl2N4O3/c1-28(2)22-18(13-20(30)31)21(25)26-19(27-22)12-14-4-10-17(11-5-14)29(3)23(32)15-6-8-16(24)9-7-15/h4-11H,12-13H2,1-3H3,(H,30,31)/p-1. The molecule has 1 heterocycles. The van der Waals surface area contributed by atoms with E-state index in [2.05, 4.69) is 9.97 Å². The molecular weight excluding hydrogens is 451 g/mol. The van der Waals surface area contributed by atoms with Crippen molar-refractivity contribution in [3.63, 3.8) is 0 Å². The molecule has 0 spiro atoms. The fourth-order valence-corrected chi connectivity index (χ4v) is 3.53.